The molecule has 2 aliphatic carbocycles. The molecule has 2 fully saturated rings. The van der Waals surface area contributed by atoms with Gasteiger partial charge in [0.15, 0.2) is 0 Å². The summed E-state index contributed by atoms with van der Waals surface area (Å²) in [6, 6.07) is 16.0. The molecule has 0 radical (unpaired) electrons. The van der Waals surface area contributed by atoms with Crippen LogP contribution in [0.4, 0.5) is 0 Å². The maximum Gasteiger partial charge on any atom is 0.248 e. The van der Waals surface area contributed by atoms with Crippen LogP contribution in [-0.4, -0.2) is 48.3 Å². The lowest BCUT2D eigenvalue weighted by Crippen LogP contribution is -2.56. The molecule has 2 unspecified atom stereocenters. The van der Waals surface area contributed by atoms with Crippen LogP contribution < -0.4 is 5.73 Å². The Morgan fingerprint density at radius 2 is 1.73 bits per heavy atom. The Morgan fingerprint density at radius 3 is 2.30 bits per heavy atom. The smallest absolute Gasteiger partial charge is 0.248 e. The number of primary amides is 1. The zero-order chi connectivity index (χ0) is 20.9. The van der Waals surface area contributed by atoms with Crippen molar-refractivity contribution < 1.29 is 14.6 Å². The van der Waals surface area contributed by atoms with Gasteiger partial charge in [0.25, 0.3) is 0 Å². The minimum absolute atomic E-state index is 0.330. The number of methoxy groups -OCH3 is 1. The predicted molar refractivity (Wildman–Crippen MR) is 115 cm³/mol. The molecule has 3 N–H and O–H groups in total. The second-order valence-electron chi connectivity index (χ2n) is 9.45. The Bertz CT molecular complexity index is 933. The number of nitrogens with zero attached hydrogens (tertiary/aromatic N) is 1. The summed E-state index contributed by atoms with van der Waals surface area (Å²) in [4.78, 5) is 14.2. The molecule has 1 saturated heterocycles. The van der Waals surface area contributed by atoms with Crippen LogP contribution in [0.3, 0.4) is 0 Å². The lowest BCUT2D eigenvalue weighted by atomic mass is 9.74. The van der Waals surface area contributed by atoms with E-state index in [1.165, 1.54) is 11.1 Å². The van der Waals surface area contributed by atoms with E-state index in [2.05, 4.69) is 35.2 Å². The summed E-state index contributed by atoms with van der Waals surface area (Å²) in [6.07, 6.45) is 3.64. The molecule has 0 spiro atoms. The lowest BCUT2D eigenvalue weighted by Gasteiger charge is -2.48. The molecule has 5 nitrogen and oxygen atoms in total. The maximum absolute atomic E-state index is 11.7. The highest BCUT2D eigenvalue weighted by Gasteiger charge is 2.56. The van der Waals surface area contributed by atoms with Gasteiger partial charge in [0.1, 0.15) is 5.60 Å². The number of likely N-dealkylation sites (tertiary alicyclic amines) is 1. The predicted octanol–water partition coefficient (Wildman–Crippen LogP) is 2.50. The quantitative estimate of drug-likeness (QED) is 0.800. The summed E-state index contributed by atoms with van der Waals surface area (Å²) in [6.45, 7) is 2.48. The van der Waals surface area contributed by atoms with Gasteiger partial charge < -0.3 is 15.6 Å². The van der Waals surface area contributed by atoms with Crippen molar-refractivity contribution in [3.05, 3.63) is 70.8 Å². The molecule has 0 aromatic heterocycles. The molecule has 1 aliphatic heterocycles. The highest BCUT2D eigenvalue weighted by Crippen LogP contribution is 2.54. The summed E-state index contributed by atoms with van der Waals surface area (Å²) < 4.78 is 6.24. The number of hydrogen-bond donors (Lipinski definition) is 2. The van der Waals surface area contributed by atoms with Crippen molar-refractivity contribution in [3.63, 3.8) is 0 Å². The van der Waals surface area contributed by atoms with Crippen molar-refractivity contribution in [1.29, 1.82) is 0 Å². The largest absolute Gasteiger partial charge is 0.388 e. The fraction of sp³-hybridized carbons (Fsp3) is 0.480. The van der Waals surface area contributed by atoms with Crippen molar-refractivity contribution in [3.8, 4) is 0 Å². The number of amides is 1. The van der Waals surface area contributed by atoms with Gasteiger partial charge in [-0.2, -0.15) is 0 Å². The first-order valence-corrected chi connectivity index (χ1v) is 10.9. The molecule has 1 saturated carbocycles. The Kier molecular flexibility index (Phi) is 4.73. The van der Waals surface area contributed by atoms with Crippen LogP contribution in [0.25, 0.3) is 0 Å². The Hall–Kier alpha value is -2.21. The number of carbonyl (C=O) groups is 1. The molecule has 1 heterocycles. The van der Waals surface area contributed by atoms with Gasteiger partial charge in [0.2, 0.25) is 5.91 Å². The molecular formula is C25H30N2O3. The highest BCUT2D eigenvalue weighted by molar-refractivity contribution is 5.92. The van der Waals surface area contributed by atoms with Crippen molar-refractivity contribution in [2.45, 2.75) is 36.9 Å². The summed E-state index contributed by atoms with van der Waals surface area (Å²) >= 11 is 0. The van der Waals surface area contributed by atoms with Gasteiger partial charge in [-0.15, -0.1) is 0 Å². The van der Waals surface area contributed by atoms with Gasteiger partial charge in [-0.05, 0) is 41.7 Å². The van der Waals surface area contributed by atoms with E-state index in [1.54, 1.807) is 13.2 Å². The minimum atomic E-state index is -0.692. The molecule has 30 heavy (non-hydrogen) atoms. The third kappa shape index (κ3) is 3.08. The fourth-order valence-electron chi connectivity index (χ4n) is 6.49. The van der Waals surface area contributed by atoms with Crippen LogP contribution in [-0.2, 0) is 23.2 Å². The Balaban J connectivity index is 1.37. The van der Waals surface area contributed by atoms with Crippen LogP contribution in [0.15, 0.2) is 48.5 Å². The third-order valence-electron chi connectivity index (χ3n) is 7.65. The van der Waals surface area contributed by atoms with Crippen molar-refractivity contribution in [2.24, 2.45) is 17.6 Å². The number of β-amino-alcohol motifs (C(OH)–C–C–N with tert-alkyl or cyclic N) is 1. The normalized spacial score (nSPS) is 29.7. The summed E-state index contributed by atoms with van der Waals surface area (Å²) in [5.74, 6) is 0.254. The van der Waals surface area contributed by atoms with Crippen LogP contribution in [0, 0.1) is 11.8 Å². The Morgan fingerprint density at radius 1 is 1.10 bits per heavy atom. The lowest BCUT2D eigenvalue weighted by molar-refractivity contribution is -0.128. The molecule has 2 aromatic rings. The number of nitrogens with two attached hydrogens (primary N) is 1. The van der Waals surface area contributed by atoms with Gasteiger partial charge in [0.05, 0.1) is 5.60 Å². The van der Waals surface area contributed by atoms with Crippen molar-refractivity contribution in [1.82, 2.24) is 4.90 Å². The number of benzene rings is 2. The Labute approximate surface area is 177 Å². The molecule has 5 heteroatoms. The fourth-order valence-corrected chi connectivity index (χ4v) is 6.49. The van der Waals surface area contributed by atoms with E-state index >= 15 is 0 Å². The third-order valence-corrected chi connectivity index (χ3v) is 7.65. The van der Waals surface area contributed by atoms with E-state index in [1.807, 2.05) is 12.1 Å². The number of carbonyl (C=O) groups excluding carboxylic acids is 1. The number of aliphatic hydroxyl groups is 1. The van der Waals surface area contributed by atoms with E-state index in [4.69, 9.17) is 10.5 Å². The van der Waals surface area contributed by atoms with Crippen LogP contribution in [0.2, 0.25) is 0 Å². The van der Waals surface area contributed by atoms with Gasteiger partial charge in [-0.3, -0.25) is 9.69 Å². The van der Waals surface area contributed by atoms with Crippen molar-refractivity contribution >= 4 is 5.91 Å². The standard InChI is InChI=1S/C25H30N2O3/c1-30-25(20-8-4-7-17(11-20)23(26)28)21-9-10-22(25)15-27(14-21)16-24(29)12-18-5-2-3-6-19(18)13-24/h2-8,11,21-22,29H,9-10,12-16H2,1H3,(H2,26,28). The number of piperidine rings is 1. The second kappa shape index (κ2) is 7.19. The monoisotopic (exact) mass is 406 g/mol. The number of ether oxygens (including phenoxy) is 1. The molecule has 5 rings (SSSR count). The molecule has 2 aromatic carbocycles. The van der Waals surface area contributed by atoms with Gasteiger partial charge >= 0.3 is 0 Å². The second-order valence-corrected chi connectivity index (χ2v) is 9.45. The molecule has 158 valence electrons. The number of fused-ring (bicyclic) bond motifs is 3. The maximum atomic E-state index is 11.7. The van der Waals surface area contributed by atoms with Crippen molar-refractivity contribution in [2.75, 3.05) is 26.7 Å². The first kappa shape index (κ1) is 19.7. The average Bonchev–Trinajstić information content (AvgIpc) is 3.16. The van der Waals surface area contributed by atoms with E-state index in [-0.39, 0.29) is 5.60 Å². The minimum Gasteiger partial charge on any atom is -0.388 e. The molecule has 2 atom stereocenters. The molecule has 2 bridgehead atoms. The van der Waals surface area contributed by atoms with E-state index in [0.29, 0.717) is 23.9 Å². The SMILES string of the molecule is COC1(c2cccc(C(N)=O)c2)C2CCC1CN(CC1(O)Cc3ccccc3C1)C2. The van der Waals surface area contributed by atoms with Crippen LogP contribution in [0.1, 0.15) is 39.9 Å². The number of hydrogen-bond acceptors (Lipinski definition) is 4. The summed E-state index contributed by atoms with van der Waals surface area (Å²) in [5, 5.41) is 11.3. The van der Waals surface area contributed by atoms with E-state index in [9.17, 15) is 9.90 Å². The zero-order valence-corrected chi connectivity index (χ0v) is 17.5. The van der Waals surface area contributed by atoms with Crippen LogP contribution in [0.5, 0.6) is 0 Å². The molecule has 1 amide bonds. The van der Waals surface area contributed by atoms with Gasteiger partial charge in [-0.1, -0.05) is 36.4 Å². The van der Waals surface area contributed by atoms with E-state index in [0.717, 1.165) is 44.3 Å². The van der Waals surface area contributed by atoms with E-state index < -0.39 is 11.5 Å². The average molecular weight is 407 g/mol. The highest BCUT2D eigenvalue weighted by atomic mass is 16.5. The molecular weight excluding hydrogens is 376 g/mol. The first-order valence-electron chi connectivity index (χ1n) is 10.9. The summed E-state index contributed by atoms with van der Waals surface area (Å²) in [5.41, 5.74) is 8.58. The molecule has 3 aliphatic rings. The topological polar surface area (TPSA) is 75.8 Å². The first-order chi connectivity index (χ1) is 14.4. The zero-order valence-electron chi connectivity index (χ0n) is 17.5. The van der Waals surface area contributed by atoms with Crippen LogP contribution >= 0.6 is 0 Å². The summed E-state index contributed by atoms with van der Waals surface area (Å²) in [7, 11) is 1.79. The number of rotatable bonds is 5. The van der Waals surface area contributed by atoms with Gasteiger partial charge in [-0.25, -0.2) is 0 Å². The van der Waals surface area contributed by atoms with Gasteiger partial charge in [0, 0.05) is 57.0 Å².